The van der Waals surface area contributed by atoms with E-state index in [9.17, 15) is 4.79 Å². The average molecular weight is 251 g/mol. The van der Waals surface area contributed by atoms with E-state index in [2.05, 4.69) is 10.2 Å². The maximum absolute atomic E-state index is 11.1. The molecule has 0 atom stereocenters. The summed E-state index contributed by atoms with van der Waals surface area (Å²) in [4.78, 5) is 11.1. The fraction of sp³-hybridized carbons (Fsp3) is 0.167. The molecule has 0 aliphatic rings. The van der Waals surface area contributed by atoms with Crippen LogP contribution in [0.1, 0.15) is 11.3 Å². The average Bonchev–Trinajstić information content (AvgIpc) is 2.34. The van der Waals surface area contributed by atoms with Crippen LogP contribution in [0.4, 0.5) is 0 Å². The van der Waals surface area contributed by atoms with Crippen molar-refractivity contribution in [2.45, 2.75) is 6.42 Å². The van der Waals surface area contributed by atoms with Gasteiger partial charge in [-0.2, -0.15) is 5.10 Å². The van der Waals surface area contributed by atoms with Crippen LogP contribution in [0.2, 0.25) is 5.02 Å². The third-order valence-corrected chi connectivity index (χ3v) is 2.61. The van der Waals surface area contributed by atoms with E-state index in [4.69, 9.17) is 16.3 Å². The lowest BCUT2D eigenvalue weighted by Crippen LogP contribution is -2.10. The zero-order chi connectivity index (χ0) is 12.3. The third-order valence-electron chi connectivity index (χ3n) is 2.33. The number of ether oxygens (including phenoxy) is 1. The van der Waals surface area contributed by atoms with E-state index in [0.29, 0.717) is 12.1 Å². The van der Waals surface area contributed by atoms with Gasteiger partial charge in [0.1, 0.15) is 10.8 Å². The summed E-state index contributed by atoms with van der Waals surface area (Å²) in [5.41, 5.74) is 1.38. The summed E-state index contributed by atoms with van der Waals surface area (Å²) in [6.07, 6.45) is 0.591. The maximum atomic E-state index is 11.1. The van der Waals surface area contributed by atoms with Crippen molar-refractivity contribution in [2.75, 3.05) is 7.11 Å². The second kappa shape index (κ2) is 5.01. The van der Waals surface area contributed by atoms with Gasteiger partial charge in [0.2, 0.25) is 0 Å². The summed E-state index contributed by atoms with van der Waals surface area (Å²) in [6.45, 7) is 0. The Labute approximate surface area is 103 Å². The van der Waals surface area contributed by atoms with Gasteiger partial charge in [-0.3, -0.25) is 4.79 Å². The predicted octanol–water partition coefficient (Wildman–Crippen LogP) is 2.02. The molecule has 0 spiro atoms. The van der Waals surface area contributed by atoms with E-state index in [-0.39, 0.29) is 10.6 Å². The Morgan fingerprint density at radius 2 is 2.24 bits per heavy atom. The van der Waals surface area contributed by atoms with E-state index >= 15 is 0 Å². The highest BCUT2D eigenvalue weighted by Crippen LogP contribution is 2.15. The van der Waals surface area contributed by atoms with Gasteiger partial charge in [-0.1, -0.05) is 23.7 Å². The van der Waals surface area contributed by atoms with E-state index in [1.54, 1.807) is 13.2 Å². The number of nitrogens with one attached hydrogen (secondary N) is 1. The SMILES string of the molecule is COc1cccc(Cc2cc(Cl)c(=O)[nH]n2)c1. The number of aromatic nitrogens is 2. The monoisotopic (exact) mass is 250 g/mol. The Kier molecular flexibility index (Phi) is 3.44. The number of nitrogens with zero attached hydrogens (tertiary/aromatic N) is 1. The number of benzene rings is 1. The molecule has 4 nitrogen and oxygen atoms in total. The lowest BCUT2D eigenvalue weighted by Gasteiger charge is -2.04. The molecule has 2 rings (SSSR count). The molecule has 0 amide bonds. The molecule has 0 radical (unpaired) electrons. The first-order chi connectivity index (χ1) is 8.19. The number of methoxy groups -OCH3 is 1. The van der Waals surface area contributed by atoms with Crippen molar-refractivity contribution < 1.29 is 4.74 Å². The summed E-state index contributed by atoms with van der Waals surface area (Å²) < 4.78 is 5.13. The molecular formula is C12H11ClN2O2. The van der Waals surface area contributed by atoms with Crippen molar-refractivity contribution in [3.8, 4) is 5.75 Å². The predicted molar refractivity (Wildman–Crippen MR) is 65.7 cm³/mol. The van der Waals surface area contributed by atoms with Gasteiger partial charge in [0.05, 0.1) is 12.8 Å². The van der Waals surface area contributed by atoms with Gasteiger partial charge >= 0.3 is 0 Å². The number of H-pyrrole nitrogens is 1. The molecule has 0 fully saturated rings. The van der Waals surface area contributed by atoms with Crippen LogP contribution in [0.3, 0.4) is 0 Å². The highest BCUT2D eigenvalue weighted by atomic mass is 35.5. The highest BCUT2D eigenvalue weighted by Gasteiger charge is 2.03. The largest absolute Gasteiger partial charge is 0.497 e. The van der Waals surface area contributed by atoms with E-state index < -0.39 is 0 Å². The summed E-state index contributed by atoms with van der Waals surface area (Å²) in [7, 11) is 1.62. The Morgan fingerprint density at radius 1 is 1.41 bits per heavy atom. The summed E-state index contributed by atoms with van der Waals surface area (Å²) in [5.74, 6) is 0.790. The van der Waals surface area contributed by atoms with Gasteiger partial charge in [-0.05, 0) is 23.8 Å². The first-order valence-electron chi connectivity index (χ1n) is 5.06. The van der Waals surface area contributed by atoms with Crippen LogP contribution in [0.15, 0.2) is 35.1 Å². The normalized spacial score (nSPS) is 10.2. The molecule has 5 heteroatoms. The van der Waals surface area contributed by atoms with Gasteiger partial charge in [-0.15, -0.1) is 0 Å². The minimum atomic E-state index is -0.374. The maximum Gasteiger partial charge on any atom is 0.282 e. The topological polar surface area (TPSA) is 55.0 Å². The van der Waals surface area contributed by atoms with Gasteiger partial charge in [0, 0.05) is 6.42 Å². The molecule has 17 heavy (non-hydrogen) atoms. The Bertz CT molecular complexity index is 581. The summed E-state index contributed by atoms with van der Waals surface area (Å²) in [5, 5.41) is 6.43. The molecule has 0 saturated heterocycles. The van der Waals surface area contributed by atoms with Crippen molar-refractivity contribution in [3.63, 3.8) is 0 Å². The van der Waals surface area contributed by atoms with E-state index in [1.807, 2.05) is 24.3 Å². The molecular weight excluding hydrogens is 240 g/mol. The van der Waals surface area contributed by atoms with Crippen molar-refractivity contribution in [1.82, 2.24) is 10.2 Å². The number of rotatable bonds is 3. The van der Waals surface area contributed by atoms with Gasteiger partial charge in [-0.25, -0.2) is 5.10 Å². The molecule has 0 aliphatic carbocycles. The molecule has 1 aromatic carbocycles. The van der Waals surface area contributed by atoms with Crippen molar-refractivity contribution in [2.24, 2.45) is 0 Å². The van der Waals surface area contributed by atoms with Crippen molar-refractivity contribution >= 4 is 11.6 Å². The molecule has 0 saturated carbocycles. The van der Waals surface area contributed by atoms with Crippen LogP contribution in [-0.2, 0) is 6.42 Å². The third kappa shape index (κ3) is 2.85. The van der Waals surface area contributed by atoms with Crippen LogP contribution < -0.4 is 10.3 Å². The molecule has 0 bridgehead atoms. The Morgan fingerprint density at radius 3 is 2.94 bits per heavy atom. The van der Waals surface area contributed by atoms with E-state index in [1.165, 1.54) is 0 Å². The molecule has 88 valence electrons. The van der Waals surface area contributed by atoms with Gasteiger partial charge < -0.3 is 4.74 Å². The van der Waals surface area contributed by atoms with Crippen LogP contribution in [0, 0.1) is 0 Å². The zero-order valence-corrected chi connectivity index (χ0v) is 9.99. The van der Waals surface area contributed by atoms with Crippen LogP contribution in [-0.4, -0.2) is 17.3 Å². The molecule has 1 aromatic heterocycles. The Balaban J connectivity index is 2.25. The van der Waals surface area contributed by atoms with Crippen molar-refractivity contribution in [1.29, 1.82) is 0 Å². The fourth-order valence-corrected chi connectivity index (χ4v) is 1.67. The first kappa shape index (κ1) is 11.7. The van der Waals surface area contributed by atoms with E-state index in [0.717, 1.165) is 11.3 Å². The lowest BCUT2D eigenvalue weighted by atomic mass is 10.1. The quantitative estimate of drug-likeness (QED) is 0.907. The van der Waals surface area contributed by atoms with Gasteiger partial charge in [0.25, 0.3) is 5.56 Å². The second-order valence-corrected chi connectivity index (χ2v) is 3.97. The number of hydrogen-bond donors (Lipinski definition) is 1. The van der Waals surface area contributed by atoms with Crippen LogP contribution >= 0.6 is 11.6 Å². The number of halogens is 1. The minimum Gasteiger partial charge on any atom is -0.497 e. The fourth-order valence-electron chi connectivity index (χ4n) is 1.50. The summed E-state index contributed by atoms with van der Waals surface area (Å²) >= 11 is 5.73. The number of aromatic amines is 1. The summed E-state index contributed by atoms with van der Waals surface area (Å²) in [6, 6.07) is 9.22. The Hall–Kier alpha value is -1.81. The second-order valence-electron chi connectivity index (χ2n) is 3.56. The lowest BCUT2D eigenvalue weighted by molar-refractivity contribution is 0.414. The first-order valence-corrected chi connectivity index (χ1v) is 5.44. The van der Waals surface area contributed by atoms with Crippen molar-refractivity contribution in [3.05, 3.63) is 57.0 Å². The molecule has 2 aromatic rings. The molecule has 1 N–H and O–H groups in total. The smallest absolute Gasteiger partial charge is 0.282 e. The number of hydrogen-bond acceptors (Lipinski definition) is 3. The van der Waals surface area contributed by atoms with Crippen LogP contribution in [0.25, 0.3) is 0 Å². The van der Waals surface area contributed by atoms with Crippen LogP contribution in [0.5, 0.6) is 5.75 Å². The molecule has 1 heterocycles. The minimum absolute atomic E-state index is 0.151. The zero-order valence-electron chi connectivity index (χ0n) is 9.24. The van der Waals surface area contributed by atoms with Gasteiger partial charge in [0.15, 0.2) is 0 Å². The molecule has 0 aliphatic heterocycles. The standard InChI is InChI=1S/C12H11ClN2O2/c1-17-10-4-2-3-8(6-10)5-9-7-11(13)12(16)15-14-9/h2-4,6-7H,5H2,1H3,(H,15,16). The molecule has 0 unspecified atom stereocenters. The highest BCUT2D eigenvalue weighted by molar-refractivity contribution is 6.30.